The van der Waals surface area contributed by atoms with E-state index in [9.17, 15) is 4.79 Å². The van der Waals surface area contributed by atoms with Crippen molar-refractivity contribution in [2.75, 3.05) is 0 Å². The van der Waals surface area contributed by atoms with Gasteiger partial charge in [0.2, 0.25) is 5.24 Å². The minimum Gasteiger partial charge on any atom is -0.281 e. The second-order valence-corrected chi connectivity index (χ2v) is 3.83. The van der Waals surface area contributed by atoms with Crippen molar-refractivity contribution in [1.29, 1.82) is 0 Å². The summed E-state index contributed by atoms with van der Waals surface area (Å²) in [4.78, 5) is 10.9. The molecule has 3 heteroatoms. The number of hydrogen-bond acceptors (Lipinski definition) is 1. The molecular weight excluding hydrogens is 251 g/mol. The molecule has 13 heavy (non-hydrogen) atoms. The number of rotatable bonds is 3. The summed E-state index contributed by atoms with van der Waals surface area (Å²) in [6, 6.07) is 7.84. The number of alkyl halides is 1. The van der Waals surface area contributed by atoms with Crippen molar-refractivity contribution >= 4 is 32.8 Å². The lowest BCUT2D eigenvalue weighted by Gasteiger charge is -2.06. The van der Waals surface area contributed by atoms with Gasteiger partial charge in [-0.05, 0) is 22.7 Å². The molecule has 0 amide bonds. The highest BCUT2D eigenvalue weighted by Crippen LogP contribution is 2.19. The zero-order valence-corrected chi connectivity index (χ0v) is 9.60. The Labute approximate surface area is 91.2 Å². The quantitative estimate of drug-likeness (QED) is 0.602. The SMILES string of the molecule is CC(C(=O)Cl)c1ccc(CBr)cc1. The summed E-state index contributed by atoms with van der Waals surface area (Å²) in [6.07, 6.45) is 0. The van der Waals surface area contributed by atoms with E-state index in [4.69, 9.17) is 11.6 Å². The van der Waals surface area contributed by atoms with Gasteiger partial charge in [0, 0.05) is 5.33 Å². The molecule has 0 aromatic heterocycles. The van der Waals surface area contributed by atoms with E-state index >= 15 is 0 Å². The molecule has 1 unspecified atom stereocenters. The van der Waals surface area contributed by atoms with Crippen LogP contribution in [0.1, 0.15) is 24.0 Å². The first-order valence-electron chi connectivity index (χ1n) is 3.99. The van der Waals surface area contributed by atoms with Crippen molar-refractivity contribution in [3.63, 3.8) is 0 Å². The van der Waals surface area contributed by atoms with Gasteiger partial charge in [-0.2, -0.15) is 0 Å². The third-order valence-corrected chi connectivity index (χ3v) is 2.95. The molecule has 0 saturated carbocycles. The van der Waals surface area contributed by atoms with Crippen molar-refractivity contribution < 1.29 is 4.79 Å². The highest BCUT2D eigenvalue weighted by Gasteiger charge is 2.11. The van der Waals surface area contributed by atoms with E-state index in [2.05, 4.69) is 15.9 Å². The summed E-state index contributed by atoms with van der Waals surface area (Å²) in [5.41, 5.74) is 2.16. The predicted molar refractivity (Wildman–Crippen MR) is 58.3 cm³/mol. The minimum absolute atomic E-state index is 0.217. The fourth-order valence-corrected chi connectivity index (χ4v) is 1.53. The highest BCUT2D eigenvalue weighted by molar-refractivity contribution is 9.08. The zero-order chi connectivity index (χ0) is 9.84. The molecule has 0 saturated heterocycles. The van der Waals surface area contributed by atoms with Gasteiger partial charge in [0.25, 0.3) is 0 Å². The van der Waals surface area contributed by atoms with Crippen LogP contribution in [-0.2, 0) is 10.1 Å². The molecule has 1 aromatic carbocycles. The lowest BCUT2D eigenvalue weighted by Crippen LogP contribution is -2.01. The molecule has 0 radical (unpaired) electrons. The summed E-state index contributed by atoms with van der Waals surface area (Å²) < 4.78 is 0. The summed E-state index contributed by atoms with van der Waals surface area (Å²) in [5.74, 6) is -0.217. The molecule has 0 bridgehead atoms. The Kier molecular flexibility index (Phi) is 3.94. The molecule has 0 N–H and O–H groups in total. The Morgan fingerprint density at radius 1 is 1.46 bits per heavy atom. The average Bonchev–Trinajstić information content (AvgIpc) is 2.17. The number of benzene rings is 1. The van der Waals surface area contributed by atoms with Gasteiger partial charge in [-0.3, -0.25) is 4.79 Å². The maximum absolute atomic E-state index is 10.9. The lowest BCUT2D eigenvalue weighted by atomic mass is 10.0. The third kappa shape index (κ3) is 2.82. The van der Waals surface area contributed by atoms with Crippen LogP contribution in [0.5, 0.6) is 0 Å². The van der Waals surface area contributed by atoms with Crippen molar-refractivity contribution in [1.82, 2.24) is 0 Å². The van der Waals surface area contributed by atoms with Crippen LogP contribution < -0.4 is 0 Å². The first-order chi connectivity index (χ1) is 6.15. The van der Waals surface area contributed by atoms with Gasteiger partial charge in [0.05, 0.1) is 5.92 Å². The monoisotopic (exact) mass is 260 g/mol. The van der Waals surface area contributed by atoms with Gasteiger partial charge in [0.1, 0.15) is 0 Å². The van der Waals surface area contributed by atoms with Gasteiger partial charge in [-0.15, -0.1) is 0 Å². The van der Waals surface area contributed by atoms with Crippen molar-refractivity contribution in [2.45, 2.75) is 18.2 Å². The van der Waals surface area contributed by atoms with E-state index in [1.807, 2.05) is 24.3 Å². The van der Waals surface area contributed by atoms with Crippen LogP contribution in [-0.4, -0.2) is 5.24 Å². The van der Waals surface area contributed by atoms with Crippen molar-refractivity contribution in [2.24, 2.45) is 0 Å². The summed E-state index contributed by atoms with van der Waals surface area (Å²) in [7, 11) is 0. The Bertz CT molecular complexity index is 294. The largest absolute Gasteiger partial charge is 0.281 e. The number of halogens is 2. The molecule has 1 nitrogen and oxygen atoms in total. The Morgan fingerprint density at radius 2 is 2.00 bits per heavy atom. The molecule has 0 aliphatic rings. The Balaban J connectivity index is 2.85. The van der Waals surface area contributed by atoms with E-state index in [0.29, 0.717) is 0 Å². The summed E-state index contributed by atoms with van der Waals surface area (Å²) in [5, 5.41) is 0.517. The molecule has 0 fully saturated rings. The Morgan fingerprint density at radius 3 is 2.38 bits per heavy atom. The molecular formula is C10H10BrClO. The van der Waals surface area contributed by atoms with Crippen LogP contribution in [0.25, 0.3) is 0 Å². The standard InChI is InChI=1S/C10H10BrClO/c1-7(10(12)13)9-4-2-8(6-11)3-5-9/h2-5,7H,6H2,1H3. The van der Waals surface area contributed by atoms with Gasteiger partial charge in [-0.25, -0.2) is 0 Å². The third-order valence-electron chi connectivity index (χ3n) is 1.97. The van der Waals surface area contributed by atoms with Crippen LogP contribution in [0.4, 0.5) is 0 Å². The fourth-order valence-electron chi connectivity index (χ4n) is 1.03. The number of hydrogen-bond donors (Lipinski definition) is 0. The minimum atomic E-state index is -0.313. The summed E-state index contributed by atoms with van der Waals surface area (Å²) in [6.45, 7) is 1.80. The predicted octanol–water partition coefficient (Wildman–Crippen LogP) is 3.45. The maximum Gasteiger partial charge on any atom is 0.228 e. The van der Waals surface area contributed by atoms with Crippen LogP contribution in [0, 0.1) is 0 Å². The maximum atomic E-state index is 10.9. The Hall–Kier alpha value is -0.340. The van der Waals surface area contributed by atoms with E-state index < -0.39 is 0 Å². The first-order valence-corrected chi connectivity index (χ1v) is 5.49. The van der Waals surface area contributed by atoms with Gasteiger partial charge >= 0.3 is 0 Å². The zero-order valence-electron chi connectivity index (χ0n) is 7.26. The fraction of sp³-hybridized carbons (Fsp3) is 0.300. The topological polar surface area (TPSA) is 17.1 Å². The van der Waals surface area contributed by atoms with Gasteiger partial charge in [-0.1, -0.05) is 47.1 Å². The molecule has 0 aliphatic heterocycles. The van der Waals surface area contributed by atoms with Crippen molar-refractivity contribution in [3.05, 3.63) is 35.4 Å². The molecule has 1 aromatic rings. The van der Waals surface area contributed by atoms with E-state index in [1.165, 1.54) is 5.56 Å². The van der Waals surface area contributed by atoms with Crippen LogP contribution in [0.3, 0.4) is 0 Å². The second-order valence-electron chi connectivity index (χ2n) is 2.90. The van der Waals surface area contributed by atoms with Gasteiger partial charge in [0.15, 0.2) is 0 Å². The first kappa shape index (κ1) is 10.7. The van der Waals surface area contributed by atoms with Crippen molar-refractivity contribution in [3.8, 4) is 0 Å². The molecule has 70 valence electrons. The molecule has 0 spiro atoms. The van der Waals surface area contributed by atoms with E-state index in [0.717, 1.165) is 10.9 Å². The van der Waals surface area contributed by atoms with E-state index in [-0.39, 0.29) is 11.2 Å². The number of carbonyl (C=O) groups excluding carboxylic acids is 1. The highest BCUT2D eigenvalue weighted by atomic mass is 79.9. The molecule has 0 heterocycles. The lowest BCUT2D eigenvalue weighted by molar-refractivity contribution is -0.112. The van der Waals surface area contributed by atoms with Crippen LogP contribution in [0.15, 0.2) is 24.3 Å². The van der Waals surface area contributed by atoms with Crippen LogP contribution >= 0.6 is 27.5 Å². The van der Waals surface area contributed by atoms with E-state index in [1.54, 1.807) is 6.92 Å². The smallest absolute Gasteiger partial charge is 0.228 e. The molecule has 1 rings (SSSR count). The second kappa shape index (κ2) is 4.77. The number of carbonyl (C=O) groups is 1. The average molecular weight is 262 g/mol. The van der Waals surface area contributed by atoms with Crippen LogP contribution in [0.2, 0.25) is 0 Å². The molecule has 1 atom stereocenters. The normalized spacial score (nSPS) is 12.5. The molecule has 0 aliphatic carbocycles. The summed E-state index contributed by atoms with van der Waals surface area (Å²) >= 11 is 8.74. The van der Waals surface area contributed by atoms with Gasteiger partial charge < -0.3 is 0 Å².